The van der Waals surface area contributed by atoms with Crippen molar-refractivity contribution in [3.63, 3.8) is 0 Å². The van der Waals surface area contributed by atoms with Crippen molar-refractivity contribution in [2.24, 2.45) is 5.92 Å². The second kappa shape index (κ2) is 9.22. The van der Waals surface area contributed by atoms with Crippen molar-refractivity contribution in [2.75, 3.05) is 6.54 Å². The number of aromatic nitrogens is 2. The molecule has 0 atom stereocenters. The molecule has 7 heteroatoms. The Balaban J connectivity index is 1.81. The number of H-pyrrole nitrogens is 1. The average molecular weight is 458 g/mol. The summed E-state index contributed by atoms with van der Waals surface area (Å²) in [6.45, 7) is 6.54. The van der Waals surface area contributed by atoms with Crippen molar-refractivity contribution >= 4 is 27.6 Å². The smallest absolute Gasteiger partial charge is 0.267 e. The zero-order valence-corrected chi connectivity index (χ0v) is 18.3. The van der Waals surface area contributed by atoms with Gasteiger partial charge in [0.1, 0.15) is 17.1 Å². The average Bonchev–Trinajstić information content (AvgIpc) is 3.36. The zero-order valence-electron chi connectivity index (χ0n) is 16.7. The topological polar surface area (TPSA) is 88.0 Å². The summed E-state index contributed by atoms with van der Waals surface area (Å²) in [5.41, 5.74) is 2.42. The number of amides is 1. The first-order valence-electron chi connectivity index (χ1n) is 9.68. The van der Waals surface area contributed by atoms with Gasteiger partial charge in [-0.25, -0.2) is 0 Å². The van der Waals surface area contributed by atoms with Gasteiger partial charge in [-0.2, -0.15) is 0 Å². The highest BCUT2D eigenvalue weighted by molar-refractivity contribution is 9.10. The zero-order chi connectivity index (χ0) is 21.0. The van der Waals surface area contributed by atoms with Crippen LogP contribution in [-0.4, -0.2) is 28.4 Å². The number of aromatic amines is 1. The number of benzene rings is 1. The number of aryl methyl sites for hydroxylation is 1. The third-order valence-corrected chi connectivity index (χ3v) is 5.63. The van der Waals surface area contributed by atoms with Crippen LogP contribution in [0.3, 0.4) is 0 Å². The summed E-state index contributed by atoms with van der Waals surface area (Å²) in [6.07, 6.45) is 3.57. The normalized spacial score (nSPS) is 11.1. The molecule has 1 amide bonds. The second-order valence-electron chi connectivity index (χ2n) is 6.99. The fourth-order valence-corrected chi connectivity index (χ4v) is 3.42. The molecule has 3 aromatic rings. The maximum atomic E-state index is 13.1. The van der Waals surface area contributed by atoms with E-state index in [0.29, 0.717) is 40.7 Å². The van der Waals surface area contributed by atoms with Crippen LogP contribution in [-0.2, 0) is 0 Å². The van der Waals surface area contributed by atoms with Gasteiger partial charge in [-0.3, -0.25) is 9.59 Å². The molecule has 6 nitrogen and oxygen atoms in total. The number of carbonyl (C=O) groups excluding carboxylic acids is 2. The van der Waals surface area contributed by atoms with E-state index < -0.39 is 0 Å². The van der Waals surface area contributed by atoms with Crippen LogP contribution in [0, 0.1) is 12.8 Å². The molecule has 0 saturated carbocycles. The minimum Gasteiger partial charge on any atom is -0.360 e. The Morgan fingerprint density at radius 1 is 1.21 bits per heavy atom. The van der Waals surface area contributed by atoms with Gasteiger partial charge in [0.05, 0.1) is 5.56 Å². The van der Waals surface area contributed by atoms with E-state index in [9.17, 15) is 9.59 Å². The third-order valence-electron chi connectivity index (χ3n) is 5.10. The number of hydrogen-bond acceptors (Lipinski definition) is 4. The molecule has 0 radical (unpaired) electrons. The van der Waals surface area contributed by atoms with Crippen LogP contribution in [0.5, 0.6) is 0 Å². The monoisotopic (exact) mass is 457 g/mol. The van der Waals surface area contributed by atoms with Crippen molar-refractivity contribution in [3.05, 3.63) is 63.6 Å². The highest BCUT2D eigenvalue weighted by Gasteiger charge is 2.24. The van der Waals surface area contributed by atoms with Gasteiger partial charge >= 0.3 is 0 Å². The SMILES string of the molecule is CCC(CC)CNC(=O)c1cc(C(=O)c2c(-c3ccc(Br)cc3)noc2C)c[nH]1. The van der Waals surface area contributed by atoms with Crippen LogP contribution in [0.4, 0.5) is 0 Å². The number of carbonyl (C=O) groups is 2. The molecule has 3 rings (SSSR count). The van der Waals surface area contributed by atoms with Crippen LogP contribution in [0.15, 0.2) is 45.5 Å². The number of hydrogen-bond donors (Lipinski definition) is 2. The minimum absolute atomic E-state index is 0.217. The summed E-state index contributed by atoms with van der Waals surface area (Å²) < 4.78 is 6.23. The Morgan fingerprint density at radius 3 is 2.55 bits per heavy atom. The van der Waals surface area contributed by atoms with Crippen LogP contribution < -0.4 is 5.32 Å². The Kier molecular flexibility index (Phi) is 6.69. The molecular formula is C22H24BrN3O3. The van der Waals surface area contributed by atoms with Crippen molar-refractivity contribution in [3.8, 4) is 11.3 Å². The number of nitrogens with one attached hydrogen (secondary N) is 2. The van der Waals surface area contributed by atoms with Gasteiger partial charge in [0, 0.05) is 28.3 Å². The van der Waals surface area contributed by atoms with E-state index in [1.54, 1.807) is 19.2 Å². The minimum atomic E-state index is -0.239. The van der Waals surface area contributed by atoms with Gasteiger partial charge in [-0.1, -0.05) is 59.9 Å². The maximum Gasteiger partial charge on any atom is 0.267 e. The molecule has 0 aliphatic heterocycles. The van der Waals surface area contributed by atoms with E-state index in [4.69, 9.17) is 4.52 Å². The highest BCUT2D eigenvalue weighted by atomic mass is 79.9. The lowest BCUT2D eigenvalue weighted by atomic mass is 9.99. The van der Waals surface area contributed by atoms with E-state index in [-0.39, 0.29) is 11.7 Å². The molecule has 1 aromatic carbocycles. The van der Waals surface area contributed by atoms with Gasteiger partial charge in [-0.05, 0) is 31.0 Å². The van der Waals surface area contributed by atoms with Gasteiger partial charge in [-0.15, -0.1) is 0 Å². The molecule has 2 N–H and O–H groups in total. The van der Waals surface area contributed by atoms with E-state index in [1.807, 2.05) is 24.3 Å². The van der Waals surface area contributed by atoms with Gasteiger partial charge in [0.15, 0.2) is 5.78 Å². The van der Waals surface area contributed by atoms with Crippen LogP contribution in [0.25, 0.3) is 11.3 Å². The second-order valence-corrected chi connectivity index (χ2v) is 7.91. The first kappa shape index (κ1) is 21.0. The quantitative estimate of drug-likeness (QED) is 0.458. The van der Waals surface area contributed by atoms with Crippen molar-refractivity contribution in [1.82, 2.24) is 15.5 Å². The fourth-order valence-electron chi connectivity index (χ4n) is 3.15. The fraction of sp³-hybridized carbons (Fsp3) is 0.318. The standard InChI is InChI=1S/C22H24BrN3O3/c1-4-14(5-2)11-25-22(28)18-10-16(12-24-18)21(27)19-13(3)29-26-20(19)15-6-8-17(23)9-7-15/h6-10,12,14,24H,4-5,11H2,1-3H3,(H,25,28). The Labute approximate surface area is 178 Å². The van der Waals surface area contributed by atoms with Crippen molar-refractivity contribution in [1.29, 1.82) is 0 Å². The summed E-state index contributed by atoms with van der Waals surface area (Å²) in [6, 6.07) is 9.07. The molecule has 2 heterocycles. The van der Waals surface area contributed by atoms with E-state index in [2.05, 4.69) is 45.2 Å². The Bertz CT molecular complexity index is 1000. The Hall–Kier alpha value is -2.67. The molecule has 152 valence electrons. The largest absolute Gasteiger partial charge is 0.360 e. The van der Waals surface area contributed by atoms with Crippen molar-refractivity contribution in [2.45, 2.75) is 33.6 Å². The van der Waals surface area contributed by atoms with Crippen LogP contribution in [0.2, 0.25) is 0 Å². The number of rotatable bonds is 8. The van der Waals surface area contributed by atoms with E-state index >= 15 is 0 Å². The van der Waals surface area contributed by atoms with Gasteiger partial charge < -0.3 is 14.8 Å². The van der Waals surface area contributed by atoms with Gasteiger partial charge in [0.2, 0.25) is 0 Å². The van der Waals surface area contributed by atoms with Crippen molar-refractivity contribution < 1.29 is 14.1 Å². The molecule has 0 aliphatic rings. The first-order valence-corrected chi connectivity index (χ1v) is 10.5. The summed E-state index contributed by atoms with van der Waals surface area (Å²) in [7, 11) is 0. The molecule has 0 spiro atoms. The molecule has 0 saturated heterocycles. The lowest BCUT2D eigenvalue weighted by Gasteiger charge is -2.12. The molecule has 0 fully saturated rings. The molecule has 0 bridgehead atoms. The van der Waals surface area contributed by atoms with Crippen LogP contribution in [0.1, 0.15) is 58.9 Å². The highest BCUT2D eigenvalue weighted by Crippen LogP contribution is 2.28. The molecule has 0 unspecified atom stereocenters. The third kappa shape index (κ3) is 4.67. The summed E-state index contributed by atoms with van der Waals surface area (Å²) in [5.74, 6) is 0.431. The predicted molar refractivity (Wildman–Crippen MR) is 115 cm³/mol. The van der Waals surface area contributed by atoms with E-state index in [1.165, 1.54) is 0 Å². The lowest BCUT2D eigenvalue weighted by molar-refractivity contribution is 0.0942. The van der Waals surface area contributed by atoms with E-state index in [0.717, 1.165) is 22.9 Å². The Morgan fingerprint density at radius 2 is 1.90 bits per heavy atom. The maximum absolute atomic E-state index is 13.1. The summed E-state index contributed by atoms with van der Waals surface area (Å²) >= 11 is 3.40. The van der Waals surface area contributed by atoms with Gasteiger partial charge in [0.25, 0.3) is 5.91 Å². The molecular weight excluding hydrogens is 434 g/mol. The first-order chi connectivity index (χ1) is 13.9. The molecule has 0 aliphatic carbocycles. The lowest BCUT2D eigenvalue weighted by Crippen LogP contribution is -2.29. The number of halogens is 1. The number of ketones is 1. The molecule has 2 aromatic heterocycles. The predicted octanol–water partition coefficient (Wildman–Crippen LogP) is 5.14. The number of nitrogens with zero attached hydrogens (tertiary/aromatic N) is 1. The summed E-state index contributed by atoms with van der Waals surface area (Å²) in [5, 5.41) is 7.00. The summed E-state index contributed by atoms with van der Waals surface area (Å²) in [4.78, 5) is 28.4. The molecule has 29 heavy (non-hydrogen) atoms. The van der Waals surface area contributed by atoms with Crippen LogP contribution >= 0.6 is 15.9 Å².